The van der Waals surface area contributed by atoms with Crippen molar-refractivity contribution >= 4 is 21.6 Å². The van der Waals surface area contributed by atoms with Gasteiger partial charge in [-0.25, -0.2) is 4.98 Å². The van der Waals surface area contributed by atoms with Crippen molar-refractivity contribution < 1.29 is 37.3 Å². The minimum absolute atomic E-state index is 0.112. The number of imidazole rings is 1. The molecule has 3 heterocycles. The van der Waals surface area contributed by atoms with E-state index in [-0.39, 0.29) is 53.7 Å². The van der Waals surface area contributed by atoms with Crippen LogP contribution in [-0.2, 0) is 28.4 Å². The van der Waals surface area contributed by atoms with Crippen molar-refractivity contribution in [2.75, 3.05) is 44.9 Å². The number of carbonyl (C=O) groups excluding carboxylic acids is 1. The fourth-order valence-corrected chi connectivity index (χ4v) is 6.94. The number of sulfonamides is 1. The third kappa shape index (κ3) is 8.78. The molecule has 2 aliphatic heterocycles. The molecule has 0 saturated heterocycles. The Morgan fingerprint density at radius 1 is 1.10 bits per heavy atom. The molecule has 2 N–H and O–H groups in total. The molecule has 0 bridgehead atoms. The van der Waals surface area contributed by atoms with Crippen molar-refractivity contribution in [1.29, 1.82) is 0 Å². The van der Waals surface area contributed by atoms with Crippen LogP contribution in [0.2, 0.25) is 0 Å². The second-order valence-corrected chi connectivity index (χ2v) is 14.5. The van der Waals surface area contributed by atoms with Crippen molar-refractivity contribution in [2.24, 2.45) is 13.0 Å². The Morgan fingerprint density at radius 2 is 1.88 bits per heavy atom. The Kier molecular flexibility index (Phi) is 11.5. The molecule has 0 aliphatic carbocycles. The predicted molar refractivity (Wildman–Crippen MR) is 180 cm³/mol. The highest BCUT2D eigenvalue weighted by Crippen LogP contribution is 2.33. The maximum absolute atomic E-state index is 14.4. The first-order valence-corrected chi connectivity index (χ1v) is 17.8. The van der Waals surface area contributed by atoms with Gasteiger partial charge in [-0.2, -0.15) is 8.42 Å². The van der Waals surface area contributed by atoms with Gasteiger partial charge in [-0.05, 0) is 76.1 Å². The van der Waals surface area contributed by atoms with Gasteiger partial charge in [0, 0.05) is 51.1 Å². The van der Waals surface area contributed by atoms with Gasteiger partial charge in [0.25, 0.3) is 15.9 Å². The normalized spacial score (nSPS) is 21.4. The van der Waals surface area contributed by atoms with E-state index in [2.05, 4.69) is 14.6 Å². The molecule has 1 amide bonds. The van der Waals surface area contributed by atoms with Crippen molar-refractivity contribution in [3.05, 3.63) is 60.0 Å². The van der Waals surface area contributed by atoms with Gasteiger partial charge in [-0.3, -0.25) is 14.4 Å². The number of ether oxygens (including phenoxy) is 4. The number of aliphatic hydroxyl groups excluding tert-OH is 1. The Bertz CT molecular complexity index is 1660. The molecule has 4 atom stereocenters. The van der Waals surface area contributed by atoms with Gasteiger partial charge in [0.05, 0.1) is 36.7 Å². The lowest BCUT2D eigenvalue weighted by molar-refractivity contribution is -0.0177. The van der Waals surface area contributed by atoms with Crippen molar-refractivity contribution in [2.45, 2.75) is 69.9 Å². The summed E-state index contributed by atoms with van der Waals surface area (Å²) in [6, 6.07) is 10.1. The van der Waals surface area contributed by atoms with Crippen LogP contribution in [0.1, 0.15) is 56.0 Å². The van der Waals surface area contributed by atoms with E-state index < -0.39 is 16.1 Å². The van der Waals surface area contributed by atoms with Gasteiger partial charge in [-0.1, -0.05) is 13.0 Å². The van der Waals surface area contributed by atoms with Crippen LogP contribution in [0.15, 0.2) is 53.9 Å². The molecule has 0 unspecified atom stereocenters. The molecule has 0 saturated carbocycles. The molecule has 0 spiro atoms. The highest BCUT2D eigenvalue weighted by atomic mass is 32.2. The number of aromatic nitrogens is 2. The number of anilines is 1. The van der Waals surface area contributed by atoms with Crippen molar-refractivity contribution in [3.63, 3.8) is 0 Å². The number of hydrogen-bond acceptors (Lipinski definition) is 10. The second kappa shape index (κ2) is 15.6. The molecule has 13 nitrogen and oxygen atoms in total. The number of aliphatic hydroxyl groups is 1. The number of aryl methyl sites for hydroxylation is 1. The second-order valence-electron chi connectivity index (χ2n) is 12.9. The summed E-state index contributed by atoms with van der Waals surface area (Å²) in [5, 5.41) is 10.1. The van der Waals surface area contributed by atoms with E-state index in [1.165, 1.54) is 23.2 Å². The number of rotatable bonds is 9. The van der Waals surface area contributed by atoms with E-state index >= 15 is 0 Å². The van der Waals surface area contributed by atoms with Crippen LogP contribution in [-0.4, -0.2) is 97.2 Å². The van der Waals surface area contributed by atoms with Crippen LogP contribution in [0.25, 0.3) is 0 Å². The lowest BCUT2D eigenvalue weighted by atomic mass is 10.0. The maximum Gasteiger partial charge on any atom is 0.280 e. The molecule has 262 valence electrons. The van der Waals surface area contributed by atoms with E-state index in [9.17, 15) is 18.3 Å². The number of hydrogen-bond donors (Lipinski definition) is 2. The summed E-state index contributed by atoms with van der Waals surface area (Å²) >= 11 is 0. The lowest BCUT2D eigenvalue weighted by Crippen LogP contribution is -2.47. The van der Waals surface area contributed by atoms with E-state index in [1.54, 1.807) is 31.0 Å². The third-order valence-electron chi connectivity index (χ3n) is 8.64. The molecule has 2 aromatic carbocycles. The first kappa shape index (κ1) is 35.5. The van der Waals surface area contributed by atoms with Crippen LogP contribution >= 0.6 is 0 Å². The molecule has 0 fully saturated rings. The van der Waals surface area contributed by atoms with Crippen LogP contribution in [0.3, 0.4) is 0 Å². The zero-order valence-corrected chi connectivity index (χ0v) is 29.1. The smallest absolute Gasteiger partial charge is 0.280 e. The topological polar surface area (TPSA) is 145 Å². The number of likely N-dealkylation sites (N-methyl/N-ethyl adjacent to an activating group) is 1. The van der Waals surface area contributed by atoms with Gasteiger partial charge in [0.1, 0.15) is 5.75 Å². The summed E-state index contributed by atoms with van der Waals surface area (Å²) < 4.78 is 54.0. The van der Waals surface area contributed by atoms with Gasteiger partial charge in [-0.15, -0.1) is 0 Å². The zero-order valence-electron chi connectivity index (χ0n) is 28.3. The standard InChI is InChI=1S/C34H47N5O8S/c1-23-16-39(24(2)20-40)34(41)28-15-27(36-48(42,43)33-19-38(5)21-35-33)10-12-29(28)47-25(3)8-6-7-13-44-32(23)18-37(4)17-26-9-11-30-31(14-26)46-22-45-30/h9-12,14-15,19,21,23-25,32,36,40H,6-8,13,16-18,20,22H2,1-5H3/t23-,24-,25+,32-/m1/s1. The Balaban J connectivity index is 1.40. The van der Waals surface area contributed by atoms with E-state index in [0.717, 1.165) is 36.3 Å². The van der Waals surface area contributed by atoms with Crippen LogP contribution < -0.4 is 18.9 Å². The summed E-state index contributed by atoms with van der Waals surface area (Å²) in [7, 11) is -0.290. The van der Waals surface area contributed by atoms with Crippen molar-refractivity contribution in [1.82, 2.24) is 19.4 Å². The summed E-state index contributed by atoms with van der Waals surface area (Å²) in [6.45, 7) is 7.88. The molecule has 2 aliphatic rings. The third-order valence-corrected chi connectivity index (χ3v) is 9.91. The summed E-state index contributed by atoms with van der Waals surface area (Å²) in [5.41, 5.74) is 1.48. The minimum atomic E-state index is -4.01. The largest absolute Gasteiger partial charge is 0.490 e. The molecule has 48 heavy (non-hydrogen) atoms. The first-order valence-electron chi connectivity index (χ1n) is 16.4. The summed E-state index contributed by atoms with van der Waals surface area (Å²) in [5.74, 6) is 1.34. The van der Waals surface area contributed by atoms with Gasteiger partial charge < -0.3 is 33.5 Å². The Morgan fingerprint density at radius 3 is 2.62 bits per heavy atom. The maximum atomic E-state index is 14.4. The van der Waals surface area contributed by atoms with E-state index in [1.807, 2.05) is 39.1 Å². The number of amides is 1. The summed E-state index contributed by atoms with van der Waals surface area (Å²) in [6.07, 6.45) is 4.84. The van der Waals surface area contributed by atoms with Crippen molar-refractivity contribution in [3.8, 4) is 17.2 Å². The number of nitrogens with zero attached hydrogens (tertiary/aromatic N) is 4. The van der Waals surface area contributed by atoms with Gasteiger partial charge >= 0.3 is 0 Å². The predicted octanol–water partition coefficient (Wildman–Crippen LogP) is 3.88. The molecule has 0 radical (unpaired) electrons. The molecule has 14 heteroatoms. The first-order chi connectivity index (χ1) is 22.9. The Labute approximate surface area is 282 Å². The van der Waals surface area contributed by atoms with Crippen LogP contribution in [0, 0.1) is 5.92 Å². The number of carbonyl (C=O) groups is 1. The highest BCUT2D eigenvalue weighted by molar-refractivity contribution is 7.92. The quantitative estimate of drug-likeness (QED) is 0.341. The number of fused-ring (bicyclic) bond motifs is 2. The monoisotopic (exact) mass is 685 g/mol. The van der Waals surface area contributed by atoms with Crippen LogP contribution in [0.5, 0.6) is 17.2 Å². The lowest BCUT2D eigenvalue weighted by Gasteiger charge is -2.36. The molecular weight excluding hydrogens is 638 g/mol. The average Bonchev–Trinajstić information content (AvgIpc) is 3.71. The molecule has 1 aromatic heterocycles. The fraction of sp³-hybridized carbons (Fsp3) is 0.529. The summed E-state index contributed by atoms with van der Waals surface area (Å²) in [4.78, 5) is 22.2. The fourth-order valence-electron chi connectivity index (χ4n) is 5.91. The zero-order chi connectivity index (χ0) is 34.4. The minimum Gasteiger partial charge on any atom is -0.490 e. The van der Waals surface area contributed by atoms with E-state index in [4.69, 9.17) is 18.9 Å². The van der Waals surface area contributed by atoms with E-state index in [0.29, 0.717) is 32.0 Å². The highest BCUT2D eigenvalue weighted by Gasteiger charge is 2.31. The van der Waals surface area contributed by atoms with Crippen LogP contribution in [0.4, 0.5) is 5.69 Å². The SMILES string of the molecule is C[C@@H]1CN([C@H](C)CO)C(=O)c2cc(NS(=O)(=O)c3cn(C)cn3)ccc2O[C@@H](C)CCCCO[C@@H]1CN(C)Cc1ccc2c(c1)OCO2. The van der Waals surface area contributed by atoms with Gasteiger partial charge in [0.2, 0.25) is 6.79 Å². The Hall–Kier alpha value is -3.85. The molecular formula is C34H47N5O8S. The molecule has 5 rings (SSSR count). The average molecular weight is 686 g/mol. The number of nitrogens with one attached hydrogen (secondary N) is 1. The number of benzene rings is 2. The van der Waals surface area contributed by atoms with Gasteiger partial charge in [0.15, 0.2) is 16.5 Å². The molecule has 3 aromatic rings.